The Morgan fingerprint density at radius 2 is 1.85 bits per heavy atom. The number of carbonyl (C=O) groups excluding carboxylic acids is 1. The molecule has 0 spiro atoms. The molecular weight excluding hydrogens is 263 g/mol. The van der Waals surface area contributed by atoms with Crippen molar-refractivity contribution in [3.05, 3.63) is 29.6 Å². The zero-order valence-corrected chi connectivity index (χ0v) is 12.4. The molecule has 0 aromatic heterocycles. The fraction of sp³-hybridized carbons (Fsp3) is 0.500. The van der Waals surface area contributed by atoms with Crippen LogP contribution in [0.2, 0.25) is 0 Å². The van der Waals surface area contributed by atoms with Crippen molar-refractivity contribution in [1.29, 1.82) is 0 Å². The molecule has 0 saturated heterocycles. The first-order valence-corrected chi connectivity index (χ1v) is 6.23. The zero-order valence-electron chi connectivity index (χ0n) is 12.4. The molecule has 1 aromatic carbocycles. The topological polar surface area (TPSA) is 73.6 Å². The van der Waals surface area contributed by atoms with Gasteiger partial charge >= 0.3 is 6.09 Å². The molecule has 1 rings (SSSR count). The van der Waals surface area contributed by atoms with Crippen LogP contribution in [0.25, 0.3) is 0 Å². The summed E-state index contributed by atoms with van der Waals surface area (Å²) < 4.78 is 18.9. The van der Waals surface area contributed by atoms with E-state index >= 15 is 0 Å². The van der Waals surface area contributed by atoms with Crippen molar-refractivity contribution in [3.63, 3.8) is 0 Å². The third kappa shape index (κ3) is 4.47. The molecule has 0 aliphatic rings. The van der Waals surface area contributed by atoms with Gasteiger partial charge in [0.1, 0.15) is 17.0 Å². The molecule has 0 heterocycles. The SMILES string of the molecule is CC(C)(C)OC(=O)Nc1ccc(F)c(C(C)(C)ON)c1. The van der Waals surface area contributed by atoms with Crippen LogP contribution in [-0.4, -0.2) is 11.7 Å². The number of nitrogens with one attached hydrogen (secondary N) is 1. The highest BCUT2D eigenvalue weighted by Crippen LogP contribution is 2.28. The van der Waals surface area contributed by atoms with Crippen molar-refractivity contribution in [2.75, 3.05) is 5.32 Å². The van der Waals surface area contributed by atoms with Gasteiger partial charge in [-0.15, -0.1) is 0 Å². The highest BCUT2D eigenvalue weighted by molar-refractivity contribution is 5.85. The molecule has 1 amide bonds. The van der Waals surface area contributed by atoms with Crippen LogP contribution in [0.15, 0.2) is 18.2 Å². The fourth-order valence-corrected chi connectivity index (χ4v) is 1.55. The van der Waals surface area contributed by atoms with Crippen LogP contribution in [0.4, 0.5) is 14.9 Å². The van der Waals surface area contributed by atoms with Crippen molar-refractivity contribution in [3.8, 4) is 0 Å². The molecule has 0 aliphatic heterocycles. The molecule has 20 heavy (non-hydrogen) atoms. The normalized spacial score (nSPS) is 12.2. The predicted molar refractivity (Wildman–Crippen MR) is 74.6 cm³/mol. The lowest BCUT2D eigenvalue weighted by Gasteiger charge is -2.24. The van der Waals surface area contributed by atoms with Crippen molar-refractivity contribution in [1.82, 2.24) is 0 Å². The summed E-state index contributed by atoms with van der Waals surface area (Å²) in [5.74, 6) is 4.70. The van der Waals surface area contributed by atoms with E-state index in [9.17, 15) is 9.18 Å². The summed E-state index contributed by atoms with van der Waals surface area (Å²) in [5.41, 5.74) is -0.961. The van der Waals surface area contributed by atoms with Gasteiger partial charge in [-0.3, -0.25) is 10.2 Å². The van der Waals surface area contributed by atoms with Gasteiger partial charge in [0.25, 0.3) is 0 Å². The van der Waals surface area contributed by atoms with E-state index in [4.69, 9.17) is 15.5 Å². The van der Waals surface area contributed by atoms with Gasteiger partial charge in [0.2, 0.25) is 0 Å². The van der Waals surface area contributed by atoms with E-state index in [1.807, 2.05) is 0 Å². The number of rotatable bonds is 3. The van der Waals surface area contributed by atoms with Gasteiger partial charge in [-0.05, 0) is 52.8 Å². The van der Waals surface area contributed by atoms with Crippen LogP contribution in [0.1, 0.15) is 40.2 Å². The maximum atomic E-state index is 13.8. The Labute approximate surface area is 118 Å². The number of nitrogens with two attached hydrogens (primary N) is 1. The molecule has 1 aromatic rings. The van der Waals surface area contributed by atoms with Crippen LogP contribution in [0.5, 0.6) is 0 Å². The minimum Gasteiger partial charge on any atom is -0.444 e. The van der Waals surface area contributed by atoms with Crippen LogP contribution in [0.3, 0.4) is 0 Å². The van der Waals surface area contributed by atoms with Crippen LogP contribution < -0.4 is 11.2 Å². The molecule has 5 nitrogen and oxygen atoms in total. The number of carbonyl (C=O) groups is 1. The monoisotopic (exact) mass is 284 g/mol. The number of ether oxygens (including phenoxy) is 1. The van der Waals surface area contributed by atoms with Crippen molar-refractivity contribution in [2.45, 2.75) is 45.8 Å². The number of amides is 1. The van der Waals surface area contributed by atoms with Crippen molar-refractivity contribution in [2.24, 2.45) is 5.90 Å². The lowest BCUT2D eigenvalue weighted by molar-refractivity contribution is -0.0260. The summed E-state index contributed by atoms with van der Waals surface area (Å²) in [5, 5.41) is 2.54. The first-order chi connectivity index (χ1) is 9.05. The van der Waals surface area contributed by atoms with Gasteiger partial charge in [0, 0.05) is 11.3 Å². The Balaban J connectivity index is 2.94. The molecule has 0 fully saturated rings. The maximum absolute atomic E-state index is 13.8. The molecule has 0 bridgehead atoms. The Bertz CT molecular complexity index is 496. The van der Waals surface area contributed by atoms with Gasteiger partial charge < -0.3 is 4.74 Å². The molecule has 0 unspecified atom stereocenters. The second-order valence-corrected chi connectivity index (χ2v) is 5.95. The highest BCUT2D eigenvalue weighted by Gasteiger charge is 2.25. The summed E-state index contributed by atoms with van der Waals surface area (Å²) in [7, 11) is 0. The van der Waals surface area contributed by atoms with E-state index in [1.165, 1.54) is 18.2 Å². The molecule has 6 heteroatoms. The number of hydrogen-bond donors (Lipinski definition) is 2. The summed E-state index contributed by atoms with van der Waals surface area (Å²) in [6, 6.07) is 4.14. The first-order valence-electron chi connectivity index (χ1n) is 6.23. The molecule has 0 aliphatic carbocycles. The van der Waals surface area contributed by atoms with Gasteiger partial charge in [-0.1, -0.05) is 0 Å². The zero-order chi connectivity index (χ0) is 15.6. The number of hydrogen-bond acceptors (Lipinski definition) is 4. The van der Waals surface area contributed by atoms with Gasteiger partial charge in [0.15, 0.2) is 0 Å². The Hall–Kier alpha value is -1.66. The smallest absolute Gasteiger partial charge is 0.412 e. The Morgan fingerprint density at radius 3 is 2.35 bits per heavy atom. The highest BCUT2D eigenvalue weighted by atomic mass is 19.1. The van der Waals surface area contributed by atoms with Crippen LogP contribution in [0, 0.1) is 5.82 Å². The van der Waals surface area contributed by atoms with Gasteiger partial charge in [0.05, 0.1) is 0 Å². The van der Waals surface area contributed by atoms with E-state index in [1.54, 1.807) is 34.6 Å². The van der Waals surface area contributed by atoms with E-state index in [0.717, 1.165) is 0 Å². The van der Waals surface area contributed by atoms with E-state index in [0.29, 0.717) is 5.69 Å². The van der Waals surface area contributed by atoms with Crippen molar-refractivity contribution < 1.29 is 18.8 Å². The lowest BCUT2D eigenvalue weighted by Crippen LogP contribution is -2.28. The van der Waals surface area contributed by atoms with Crippen molar-refractivity contribution >= 4 is 11.8 Å². The second-order valence-electron chi connectivity index (χ2n) is 5.95. The summed E-state index contributed by atoms with van der Waals surface area (Å²) in [4.78, 5) is 16.4. The number of benzene rings is 1. The van der Waals surface area contributed by atoms with E-state index < -0.39 is 23.1 Å². The predicted octanol–water partition coefficient (Wildman–Crippen LogP) is 3.30. The minimum absolute atomic E-state index is 0.244. The number of anilines is 1. The van der Waals surface area contributed by atoms with E-state index in [2.05, 4.69) is 5.32 Å². The number of halogens is 1. The van der Waals surface area contributed by atoms with Gasteiger partial charge in [-0.2, -0.15) is 0 Å². The van der Waals surface area contributed by atoms with E-state index in [-0.39, 0.29) is 5.56 Å². The molecule has 0 radical (unpaired) electrons. The minimum atomic E-state index is -1.00. The largest absolute Gasteiger partial charge is 0.444 e. The third-order valence-electron chi connectivity index (χ3n) is 2.55. The summed E-state index contributed by atoms with van der Waals surface area (Å²) in [6.07, 6.45) is -0.610. The second kappa shape index (κ2) is 5.76. The average molecular weight is 284 g/mol. The molecular formula is C14H21FN2O3. The third-order valence-corrected chi connectivity index (χ3v) is 2.55. The lowest BCUT2D eigenvalue weighted by atomic mass is 9.97. The standard InChI is InChI=1S/C14H21FN2O3/c1-13(2,3)19-12(18)17-9-6-7-11(15)10(8-9)14(4,5)20-16/h6-8H,16H2,1-5H3,(H,17,18). The van der Waals surface area contributed by atoms with Crippen LogP contribution >= 0.6 is 0 Å². The maximum Gasteiger partial charge on any atom is 0.412 e. The molecule has 3 N–H and O–H groups in total. The van der Waals surface area contributed by atoms with Crippen LogP contribution in [-0.2, 0) is 15.2 Å². The fourth-order valence-electron chi connectivity index (χ4n) is 1.55. The van der Waals surface area contributed by atoms with Gasteiger partial charge in [-0.25, -0.2) is 15.1 Å². The quantitative estimate of drug-likeness (QED) is 0.835. The summed E-state index contributed by atoms with van der Waals surface area (Å²) >= 11 is 0. The molecule has 0 atom stereocenters. The first kappa shape index (κ1) is 16.4. The average Bonchev–Trinajstić information content (AvgIpc) is 2.29. The summed E-state index contributed by atoms with van der Waals surface area (Å²) in [6.45, 7) is 8.53. The Morgan fingerprint density at radius 1 is 1.25 bits per heavy atom. The molecule has 112 valence electrons. The molecule has 0 saturated carbocycles. The Kier molecular flexibility index (Phi) is 4.73.